The molecule has 110 valence electrons. The van der Waals surface area contributed by atoms with Crippen LogP contribution in [0.2, 0.25) is 0 Å². The molecular weight excluding hydrogens is 367 g/mol. The van der Waals surface area contributed by atoms with Gasteiger partial charge in [0, 0.05) is 22.4 Å². The van der Waals surface area contributed by atoms with Gasteiger partial charge in [-0.25, -0.2) is 0 Å². The fourth-order valence-corrected chi connectivity index (χ4v) is 3.01. The fourth-order valence-electron chi connectivity index (χ4n) is 2.65. The Balaban J connectivity index is 1.80. The quantitative estimate of drug-likeness (QED) is 0.762. The predicted octanol–water partition coefficient (Wildman–Crippen LogP) is 2.32. The van der Waals surface area contributed by atoms with Crippen LogP contribution >= 0.6 is 22.6 Å². The number of piperidine rings is 1. The molecule has 1 aliphatic rings. The van der Waals surface area contributed by atoms with E-state index in [1.807, 2.05) is 24.3 Å². The van der Waals surface area contributed by atoms with Crippen LogP contribution in [0.25, 0.3) is 0 Å². The summed E-state index contributed by atoms with van der Waals surface area (Å²) >= 11 is 2.24. The van der Waals surface area contributed by atoms with Crippen LogP contribution in [-0.2, 0) is 4.79 Å². The van der Waals surface area contributed by atoms with Crippen LogP contribution in [0.4, 0.5) is 5.69 Å². The van der Waals surface area contributed by atoms with Crippen LogP contribution in [0.3, 0.4) is 0 Å². The van der Waals surface area contributed by atoms with Crippen molar-refractivity contribution in [3.63, 3.8) is 0 Å². The minimum atomic E-state index is 0.0378. The Morgan fingerprint density at radius 2 is 2.15 bits per heavy atom. The highest BCUT2D eigenvalue weighted by Crippen LogP contribution is 2.19. The molecule has 0 saturated carbocycles. The van der Waals surface area contributed by atoms with Crippen molar-refractivity contribution in [1.82, 2.24) is 4.90 Å². The summed E-state index contributed by atoms with van der Waals surface area (Å²) in [5.74, 6) is 0.565. The Bertz CT molecular complexity index is 434. The van der Waals surface area contributed by atoms with Crippen molar-refractivity contribution in [3.8, 4) is 0 Å². The second-order valence-corrected chi connectivity index (χ2v) is 6.56. The smallest absolute Gasteiger partial charge is 0.238 e. The Hall–Kier alpha value is -0.660. The van der Waals surface area contributed by atoms with E-state index in [1.165, 1.54) is 0 Å². The summed E-state index contributed by atoms with van der Waals surface area (Å²) in [4.78, 5) is 14.2. The molecule has 0 aromatic heterocycles. The standard InChI is InChI=1S/C15H21IN2O2/c16-13-3-5-14(6-4-13)17-15(20)11-18-8-1-2-12(10-18)7-9-19/h3-6,12,19H,1-2,7-11H2,(H,17,20). The second kappa shape index (κ2) is 7.95. The number of hydrogen-bond acceptors (Lipinski definition) is 3. The molecule has 0 aliphatic carbocycles. The van der Waals surface area contributed by atoms with Gasteiger partial charge in [-0.1, -0.05) is 0 Å². The molecule has 2 N–H and O–H groups in total. The number of anilines is 1. The minimum absolute atomic E-state index is 0.0378. The number of nitrogens with zero attached hydrogens (tertiary/aromatic N) is 1. The number of carbonyl (C=O) groups excluding carboxylic acids is 1. The third-order valence-electron chi connectivity index (χ3n) is 3.64. The van der Waals surface area contributed by atoms with E-state index in [9.17, 15) is 4.79 Å². The van der Waals surface area contributed by atoms with Crippen molar-refractivity contribution >= 4 is 34.2 Å². The van der Waals surface area contributed by atoms with Crippen molar-refractivity contribution in [3.05, 3.63) is 27.8 Å². The molecule has 1 aromatic rings. The molecule has 1 heterocycles. The Labute approximate surface area is 133 Å². The van der Waals surface area contributed by atoms with Gasteiger partial charge in [0.15, 0.2) is 0 Å². The second-order valence-electron chi connectivity index (χ2n) is 5.31. The number of aliphatic hydroxyl groups excluding tert-OH is 1. The number of halogens is 1. The van der Waals surface area contributed by atoms with Crippen LogP contribution in [0.15, 0.2) is 24.3 Å². The molecule has 1 fully saturated rings. The van der Waals surface area contributed by atoms with Crippen molar-refractivity contribution in [2.45, 2.75) is 19.3 Å². The molecule has 1 atom stereocenters. The molecule has 4 nitrogen and oxygen atoms in total. The number of carbonyl (C=O) groups is 1. The first-order chi connectivity index (χ1) is 9.67. The average molecular weight is 388 g/mol. The van der Waals surface area contributed by atoms with Gasteiger partial charge >= 0.3 is 0 Å². The zero-order chi connectivity index (χ0) is 14.4. The summed E-state index contributed by atoms with van der Waals surface area (Å²) in [6.45, 7) is 2.57. The van der Waals surface area contributed by atoms with E-state index < -0.39 is 0 Å². The highest BCUT2D eigenvalue weighted by Gasteiger charge is 2.21. The van der Waals surface area contributed by atoms with Crippen molar-refractivity contribution in [2.24, 2.45) is 5.92 Å². The Morgan fingerprint density at radius 1 is 1.40 bits per heavy atom. The van der Waals surface area contributed by atoms with Crippen molar-refractivity contribution in [2.75, 3.05) is 31.6 Å². The van der Waals surface area contributed by atoms with E-state index in [1.54, 1.807) is 0 Å². The van der Waals surface area contributed by atoms with Gasteiger partial charge in [0.25, 0.3) is 0 Å². The predicted molar refractivity (Wildman–Crippen MR) is 88.7 cm³/mol. The number of amides is 1. The van der Waals surface area contributed by atoms with Gasteiger partial charge in [0.1, 0.15) is 0 Å². The van der Waals surface area contributed by atoms with E-state index in [4.69, 9.17) is 5.11 Å². The summed E-state index contributed by atoms with van der Waals surface area (Å²) in [5.41, 5.74) is 0.847. The van der Waals surface area contributed by atoms with Gasteiger partial charge in [-0.05, 0) is 78.6 Å². The summed E-state index contributed by atoms with van der Waals surface area (Å²) in [5, 5.41) is 11.9. The molecule has 0 radical (unpaired) electrons. The highest BCUT2D eigenvalue weighted by atomic mass is 127. The molecule has 20 heavy (non-hydrogen) atoms. The molecule has 1 aromatic carbocycles. The van der Waals surface area contributed by atoms with Crippen molar-refractivity contribution < 1.29 is 9.90 Å². The molecule has 0 spiro atoms. The maximum absolute atomic E-state index is 12.0. The number of benzene rings is 1. The number of rotatable bonds is 5. The fraction of sp³-hybridized carbons (Fsp3) is 0.533. The lowest BCUT2D eigenvalue weighted by atomic mass is 9.95. The van der Waals surface area contributed by atoms with E-state index >= 15 is 0 Å². The first-order valence-corrected chi connectivity index (χ1v) is 8.14. The topological polar surface area (TPSA) is 52.6 Å². The van der Waals surface area contributed by atoms with E-state index in [0.29, 0.717) is 12.5 Å². The number of likely N-dealkylation sites (tertiary alicyclic amines) is 1. The molecule has 1 unspecified atom stereocenters. The molecule has 1 amide bonds. The molecule has 1 saturated heterocycles. The lowest BCUT2D eigenvalue weighted by Crippen LogP contribution is -2.40. The molecule has 2 rings (SSSR count). The lowest BCUT2D eigenvalue weighted by molar-refractivity contribution is -0.117. The zero-order valence-electron chi connectivity index (χ0n) is 11.5. The molecule has 5 heteroatoms. The van der Waals surface area contributed by atoms with Gasteiger partial charge < -0.3 is 10.4 Å². The molecular formula is C15H21IN2O2. The number of nitrogens with one attached hydrogen (secondary N) is 1. The summed E-state index contributed by atoms with van der Waals surface area (Å²) in [6, 6.07) is 7.80. The van der Waals surface area contributed by atoms with Gasteiger partial charge in [0.05, 0.1) is 6.54 Å². The van der Waals surface area contributed by atoms with E-state index in [-0.39, 0.29) is 12.5 Å². The normalized spacial score (nSPS) is 19.8. The molecule has 0 bridgehead atoms. The van der Waals surface area contributed by atoms with Gasteiger partial charge in [-0.3, -0.25) is 9.69 Å². The number of aliphatic hydroxyl groups is 1. The van der Waals surface area contributed by atoms with E-state index in [2.05, 4.69) is 32.8 Å². The van der Waals surface area contributed by atoms with Gasteiger partial charge in [-0.2, -0.15) is 0 Å². The maximum atomic E-state index is 12.0. The average Bonchev–Trinajstić information content (AvgIpc) is 2.42. The Kier molecular flexibility index (Phi) is 6.25. The lowest BCUT2D eigenvalue weighted by Gasteiger charge is -2.31. The van der Waals surface area contributed by atoms with Crippen LogP contribution < -0.4 is 5.32 Å². The summed E-state index contributed by atoms with van der Waals surface area (Å²) in [6.07, 6.45) is 3.12. The zero-order valence-corrected chi connectivity index (χ0v) is 13.7. The first kappa shape index (κ1) is 15.7. The SMILES string of the molecule is O=C(CN1CCCC(CCO)C1)Nc1ccc(I)cc1. The van der Waals surface area contributed by atoms with Crippen molar-refractivity contribution in [1.29, 1.82) is 0 Å². The maximum Gasteiger partial charge on any atom is 0.238 e. The monoisotopic (exact) mass is 388 g/mol. The van der Waals surface area contributed by atoms with E-state index in [0.717, 1.165) is 41.6 Å². The van der Waals surface area contributed by atoms with Gasteiger partial charge in [-0.15, -0.1) is 0 Å². The first-order valence-electron chi connectivity index (χ1n) is 7.06. The minimum Gasteiger partial charge on any atom is -0.396 e. The van der Waals surface area contributed by atoms with Gasteiger partial charge in [0.2, 0.25) is 5.91 Å². The third kappa shape index (κ3) is 5.03. The Morgan fingerprint density at radius 3 is 2.85 bits per heavy atom. The van der Waals surface area contributed by atoms with Crippen LogP contribution in [-0.4, -0.2) is 42.2 Å². The third-order valence-corrected chi connectivity index (χ3v) is 4.35. The summed E-state index contributed by atoms with van der Waals surface area (Å²) < 4.78 is 1.16. The summed E-state index contributed by atoms with van der Waals surface area (Å²) in [7, 11) is 0. The number of hydrogen-bond donors (Lipinski definition) is 2. The van der Waals surface area contributed by atoms with Crippen LogP contribution in [0.1, 0.15) is 19.3 Å². The van der Waals surface area contributed by atoms with Crippen LogP contribution in [0, 0.1) is 9.49 Å². The largest absolute Gasteiger partial charge is 0.396 e. The highest BCUT2D eigenvalue weighted by molar-refractivity contribution is 14.1. The van der Waals surface area contributed by atoms with Crippen LogP contribution in [0.5, 0.6) is 0 Å². The molecule has 1 aliphatic heterocycles.